The van der Waals surface area contributed by atoms with Crippen LogP contribution in [-0.2, 0) is 6.54 Å². The van der Waals surface area contributed by atoms with E-state index >= 15 is 0 Å². The molecule has 2 saturated carbocycles. The Morgan fingerprint density at radius 3 is 2.61 bits per heavy atom. The predicted octanol–water partition coefficient (Wildman–Crippen LogP) is 1.92. The topological polar surface area (TPSA) is 44.6 Å². The van der Waals surface area contributed by atoms with Crippen LogP contribution < -0.4 is 10.6 Å². The zero-order chi connectivity index (χ0) is 15.9. The maximum absolute atomic E-state index is 4.75. The third kappa shape index (κ3) is 5.90. The first-order valence-electron chi connectivity index (χ1n) is 9.22. The number of rotatable bonds is 10. The monoisotopic (exact) mass is 317 g/mol. The molecule has 0 bridgehead atoms. The Labute approximate surface area is 140 Å². The summed E-state index contributed by atoms with van der Waals surface area (Å²) in [5.74, 6) is 1.93. The van der Waals surface area contributed by atoms with Crippen molar-refractivity contribution in [2.24, 2.45) is 10.9 Å². The third-order valence-corrected chi connectivity index (χ3v) is 4.58. The Kier molecular flexibility index (Phi) is 5.97. The minimum Gasteiger partial charge on any atom is -0.357 e. The first-order valence-corrected chi connectivity index (χ1v) is 9.22. The molecule has 2 N–H and O–H groups in total. The van der Waals surface area contributed by atoms with Crippen molar-refractivity contribution in [3.8, 4) is 0 Å². The van der Waals surface area contributed by atoms with Gasteiger partial charge >= 0.3 is 0 Å². The molecule has 1 aromatic rings. The van der Waals surface area contributed by atoms with Crippen LogP contribution in [-0.4, -0.2) is 54.2 Å². The first kappa shape index (κ1) is 16.4. The molecule has 0 atom stereocenters. The number of aromatic nitrogens is 1. The molecule has 128 valence electrons. The molecule has 0 amide bonds. The van der Waals surface area contributed by atoms with Crippen LogP contribution in [0.2, 0.25) is 0 Å². The summed E-state index contributed by atoms with van der Waals surface area (Å²) in [6.45, 7) is 8.19. The zero-order valence-corrected chi connectivity index (χ0v) is 14.4. The summed E-state index contributed by atoms with van der Waals surface area (Å²) >= 11 is 0. The molecule has 0 aliphatic heterocycles. The average molecular weight is 317 g/mol. The molecule has 23 heavy (non-hydrogen) atoms. The molecule has 0 aromatic carbocycles. The van der Waals surface area contributed by atoms with E-state index in [1.54, 1.807) is 0 Å². The van der Waals surface area contributed by atoms with E-state index in [1.165, 1.54) is 32.2 Å². The lowest BCUT2D eigenvalue weighted by atomic mass is 10.3. The van der Waals surface area contributed by atoms with Crippen LogP contribution >= 0.6 is 0 Å². The normalized spacial score (nSPS) is 18.4. The molecule has 2 aliphatic rings. The summed E-state index contributed by atoms with van der Waals surface area (Å²) in [6.07, 6.45) is 9.86. The second-order valence-electron chi connectivity index (χ2n) is 6.78. The third-order valence-electron chi connectivity index (χ3n) is 4.58. The highest BCUT2D eigenvalue weighted by atomic mass is 15.2. The van der Waals surface area contributed by atoms with Gasteiger partial charge in [0.25, 0.3) is 0 Å². The molecular formula is C18H31N5. The smallest absolute Gasteiger partial charge is 0.191 e. The number of guanidine groups is 1. The first-order chi connectivity index (χ1) is 11.3. The van der Waals surface area contributed by atoms with Gasteiger partial charge in [0.05, 0.1) is 6.54 Å². The van der Waals surface area contributed by atoms with Gasteiger partial charge in [0.2, 0.25) is 0 Å². The summed E-state index contributed by atoms with van der Waals surface area (Å²) in [5.41, 5.74) is 0. The zero-order valence-electron chi connectivity index (χ0n) is 14.4. The largest absolute Gasteiger partial charge is 0.357 e. The fourth-order valence-corrected chi connectivity index (χ4v) is 2.95. The summed E-state index contributed by atoms with van der Waals surface area (Å²) in [4.78, 5) is 7.42. The summed E-state index contributed by atoms with van der Waals surface area (Å²) in [7, 11) is 0. The molecule has 0 spiro atoms. The minimum atomic E-state index is 0.857. The van der Waals surface area contributed by atoms with Crippen molar-refractivity contribution in [2.45, 2.75) is 45.2 Å². The molecule has 3 rings (SSSR count). The van der Waals surface area contributed by atoms with E-state index in [9.17, 15) is 0 Å². The standard InChI is InChI=1S/C18H31N5/c1-2-19-18(20-9-13-22-11-3-4-12-22)21-10-14-23(17-7-8-17)15-16-5-6-16/h3-4,11-12,16-17H,2,5-10,13-15H2,1H3,(H2,19,20,21). The van der Waals surface area contributed by atoms with E-state index in [2.05, 4.69) is 51.6 Å². The van der Waals surface area contributed by atoms with E-state index in [-0.39, 0.29) is 0 Å². The maximum atomic E-state index is 4.75. The van der Waals surface area contributed by atoms with Crippen molar-refractivity contribution in [3.05, 3.63) is 24.5 Å². The van der Waals surface area contributed by atoms with Crippen LogP contribution in [0.4, 0.5) is 0 Å². The maximum Gasteiger partial charge on any atom is 0.191 e. The van der Waals surface area contributed by atoms with E-state index in [1.807, 2.05) is 0 Å². The van der Waals surface area contributed by atoms with Gasteiger partial charge in [-0.3, -0.25) is 9.89 Å². The molecular weight excluding hydrogens is 286 g/mol. The van der Waals surface area contributed by atoms with Crippen molar-refractivity contribution >= 4 is 5.96 Å². The predicted molar refractivity (Wildman–Crippen MR) is 95.7 cm³/mol. The highest BCUT2D eigenvalue weighted by molar-refractivity contribution is 5.79. The van der Waals surface area contributed by atoms with Crippen LogP contribution in [0.25, 0.3) is 0 Å². The van der Waals surface area contributed by atoms with E-state index in [4.69, 9.17) is 4.99 Å². The van der Waals surface area contributed by atoms with Gasteiger partial charge < -0.3 is 15.2 Å². The quantitative estimate of drug-likeness (QED) is 0.512. The minimum absolute atomic E-state index is 0.857. The molecule has 0 radical (unpaired) electrons. The Hall–Kier alpha value is -1.49. The van der Waals surface area contributed by atoms with E-state index < -0.39 is 0 Å². The number of aliphatic imine (C=N–C) groups is 1. The van der Waals surface area contributed by atoms with Crippen molar-refractivity contribution < 1.29 is 0 Å². The van der Waals surface area contributed by atoms with Gasteiger partial charge in [0, 0.05) is 51.2 Å². The van der Waals surface area contributed by atoms with E-state index in [0.717, 1.165) is 50.6 Å². The van der Waals surface area contributed by atoms with Crippen LogP contribution in [0.1, 0.15) is 32.6 Å². The molecule has 1 aromatic heterocycles. The van der Waals surface area contributed by atoms with Crippen LogP contribution in [0.5, 0.6) is 0 Å². The molecule has 2 aliphatic carbocycles. The fourth-order valence-electron chi connectivity index (χ4n) is 2.95. The SMILES string of the molecule is CCNC(=NCCN(CC1CC1)C1CC1)NCCn1cccc1. The van der Waals surface area contributed by atoms with Gasteiger partial charge in [-0.2, -0.15) is 0 Å². The highest BCUT2D eigenvalue weighted by Crippen LogP contribution is 2.34. The van der Waals surface area contributed by atoms with Gasteiger partial charge in [0.15, 0.2) is 5.96 Å². The number of hydrogen-bond donors (Lipinski definition) is 2. The highest BCUT2D eigenvalue weighted by Gasteiger charge is 2.33. The van der Waals surface area contributed by atoms with E-state index in [0.29, 0.717) is 0 Å². The van der Waals surface area contributed by atoms with Crippen LogP contribution in [0, 0.1) is 5.92 Å². The number of nitrogens with one attached hydrogen (secondary N) is 2. The fraction of sp³-hybridized carbons (Fsp3) is 0.722. The Morgan fingerprint density at radius 1 is 1.17 bits per heavy atom. The molecule has 1 heterocycles. The van der Waals surface area contributed by atoms with Gasteiger partial charge in [-0.25, -0.2) is 0 Å². The molecule has 5 heteroatoms. The summed E-state index contributed by atoms with van der Waals surface area (Å²) in [5, 5.41) is 6.78. The van der Waals surface area contributed by atoms with Crippen molar-refractivity contribution in [3.63, 3.8) is 0 Å². The molecule has 5 nitrogen and oxygen atoms in total. The van der Waals surface area contributed by atoms with Gasteiger partial charge in [0.1, 0.15) is 0 Å². The second-order valence-corrected chi connectivity index (χ2v) is 6.78. The van der Waals surface area contributed by atoms with Crippen molar-refractivity contribution in [2.75, 3.05) is 32.7 Å². The van der Waals surface area contributed by atoms with Crippen LogP contribution in [0.15, 0.2) is 29.5 Å². The van der Waals surface area contributed by atoms with Gasteiger partial charge in [-0.15, -0.1) is 0 Å². The molecule has 0 saturated heterocycles. The number of nitrogens with zero attached hydrogens (tertiary/aromatic N) is 3. The van der Waals surface area contributed by atoms with Crippen molar-refractivity contribution in [1.29, 1.82) is 0 Å². The average Bonchev–Trinajstić information content (AvgIpc) is 3.47. The molecule has 0 unspecified atom stereocenters. The lowest BCUT2D eigenvalue weighted by Crippen LogP contribution is -2.39. The summed E-state index contributed by atoms with van der Waals surface area (Å²) in [6, 6.07) is 4.98. The second kappa shape index (κ2) is 8.39. The lowest BCUT2D eigenvalue weighted by molar-refractivity contribution is 0.260. The van der Waals surface area contributed by atoms with Crippen LogP contribution in [0.3, 0.4) is 0 Å². The van der Waals surface area contributed by atoms with Gasteiger partial charge in [-0.05, 0) is 50.7 Å². The Bertz CT molecular complexity index is 474. The Morgan fingerprint density at radius 2 is 1.96 bits per heavy atom. The Balaban J connectivity index is 1.39. The number of hydrogen-bond acceptors (Lipinski definition) is 2. The van der Waals surface area contributed by atoms with Crippen molar-refractivity contribution in [1.82, 2.24) is 20.1 Å². The summed E-state index contributed by atoms with van der Waals surface area (Å²) < 4.78 is 2.18. The molecule has 2 fully saturated rings. The van der Waals surface area contributed by atoms with Gasteiger partial charge in [-0.1, -0.05) is 0 Å². The lowest BCUT2D eigenvalue weighted by Gasteiger charge is -2.21.